The molecule has 0 N–H and O–H groups in total. The van der Waals surface area contributed by atoms with E-state index in [0.29, 0.717) is 30.7 Å². The number of hydrogen-bond donors (Lipinski definition) is 0. The second-order valence-corrected chi connectivity index (χ2v) is 5.17. The second-order valence-electron chi connectivity index (χ2n) is 4.83. The first kappa shape index (κ1) is 13.9. The minimum atomic E-state index is 0.163. The Morgan fingerprint density at radius 2 is 1.81 bits per heavy atom. The van der Waals surface area contributed by atoms with Gasteiger partial charge in [0.25, 0.3) is 0 Å². The summed E-state index contributed by atoms with van der Waals surface area (Å²) in [6, 6.07) is 5.62. The summed E-state index contributed by atoms with van der Waals surface area (Å²) in [5, 5.41) is 0.163. The molecule has 1 aliphatic heterocycles. The standard InChI is InChI=1S/C14H15ClN4O2/c1-19(2)14-17-12(16-13(15)18-14)9-4-5-10-11(8-9)21-7-3-6-20-10/h4-5,8H,3,6-7H2,1-2H3. The first-order valence-corrected chi connectivity index (χ1v) is 7.00. The highest BCUT2D eigenvalue weighted by Crippen LogP contribution is 2.33. The molecule has 0 atom stereocenters. The van der Waals surface area contributed by atoms with Gasteiger partial charge >= 0.3 is 0 Å². The number of anilines is 1. The zero-order valence-electron chi connectivity index (χ0n) is 11.8. The number of ether oxygens (including phenoxy) is 2. The van der Waals surface area contributed by atoms with Gasteiger partial charge in [0.15, 0.2) is 17.3 Å². The molecule has 0 amide bonds. The van der Waals surface area contributed by atoms with E-state index in [1.165, 1.54) is 0 Å². The van der Waals surface area contributed by atoms with Gasteiger partial charge in [0, 0.05) is 26.1 Å². The van der Waals surface area contributed by atoms with E-state index in [9.17, 15) is 0 Å². The normalized spacial score (nSPS) is 13.7. The van der Waals surface area contributed by atoms with Gasteiger partial charge in [-0.15, -0.1) is 0 Å². The maximum Gasteiger partial charge on any atom is 0.229 e. The van der Waals surface area contributed by atoms with E-state index in [4.69, 9.17) is 21.1 Å². The lowest BCUT2D eigenvalue weighted by atomic mass is 10.2. The van der Waals surface area contributed by atoms with E-state index in [1.807, 2.05) is 32.3 Å². The van der Waals surface area contributed by atoms with E-state index < -0.39 is 0 Å². The summed E-state index contributed by atoms with van der Waals surface area (Å²) in [7, 11) is 3.70. The van der Waals surface area contributed by atoms with Crippen LogP contribution in [0.15, 0.2) is 18.2 Å². The highest BCUT2D eigenvalue weighted by Gasteiger charge is 2.14. The molecule has 0 radical (unpaired) electrons. The summed E-state index contributed by atoms with van der Waals surface area (Å²) < 4.78 is 11.3. The van der Waals surface area contributed by atoms with Crippen molar-refractivity contribution in [2.24, 2.45) is 0 Å². The number of fused-ring (bicyclic) bond motifs is 1. The summed E-state index contributed by atoms with van der Waals surface area (Å²) in [6.07, 6.45) is 0.867. The molecule has 6 nitrogen and oxygen atoms in total. The minimum absolute atomic E-state index is 0.163. The van der Waals surface area contributed by atoms with Crippen LogP contribution in [-0.2, 0) is 0 Å². The molecule has 1 aromatic heterocycles. The van der Waals surface area contributed by atoms with Gasteiger partial charge in [-0.2, -0.15) is 15.0 Å². The third-order valence-corrected chi connectivity index (χ3v) is 3.17. The molecule has 110 valence electrons. The smallest absolute Gasteiger partial charge is 0.229 e. The van der Waals surface area contributed by atoms with Gasteiger partial charge in [-0.05, 0) is 29.8 Å². The Labute approximate surface area is 127 Å². The van der Waals surface area contributed by atoms with E-state index >= 15 is 0 Å². The van der Waals surface area contributed by atoms with Gasteiger partial charge < -0.3 is 14.4 Å². The van der Waals surface area contributed by atoms with Crippen molar-refractivity contribution in [3.8, 4) is 22.9 Å². The van der Waals surface area contributed by atoms with E-state index in [-0.39, 0.29) is 5.28 Å². The molecule has 2 aromatic rings. The Balaban J connectivity index is 2.02. The van der Waals surface area contributed by atoms with Crippen molar-refractivity contribution >= 4 is 17.5 Å². The Bertz CT molecular complexity index is 663. The maximum atomic E-state index is 5.97. The van der Waals surface area contributed by atoms with Gasteiger partial charge in [0.2, 0.25) is 11.2 Å². The van der Waals surface area contributed by atoms with Crippen molar-refractivity contribution in [2.45, 2.75) is 6.42 Å². The van der Waals surface area contributed by atoms with E-state index in [1.54, 1.807) is 4.90 Å². The molecule has 1 aromatic carbocycles. The molecule has 0 unspecified atom stereocenters. The highest BCUT2D eigenvalue weighted by molar-refractivity contribution is 6.28. The molecule has 0 fully saturated rings. The first-order chi connectivity index (χ1) is 10.1. The van der Waals surface area contributed by atoms with Crippen molar-refractivity contribution < 1.29 is 9.47 Å². The molecule has 0 spiro atoms. The largest absolute Gasteiger partial charge is 0.490 e. The van der Waals surface area contributed by atoms with Crippen LogP contribution in [0.4, 0.5) is 5.95 Å². The molecule has 0 saturated carbocycles. The lowest BCUT2D eigenvalue weighted by Crippen LogP contribution is -2.13. The topological polar surface area (TPSA) is 60.4 Å². The van der Waals surface area contributed by atoms with Crippen molar-refractivity contribution in [3.63, 3.8) is 0 Å². The third kappa shape index (κ3) is 3.00. The van der Waals surface area contributed by atoms with Crippen LogP contribution in [0.3, 0.4) is 0 Å². The van der Waals surface area contributed by atoms with Crippen LogP contribution in [0.5, 0.6) is 11.5 Å². The monoisotopic (exact) mass is 306 g/mol. The van der Waals surface area contributed by atoms with Gasteiger partial charge in [-0.3, -0.25) is 0 Å². The fraction of sp³-hybridized carbons (Fsp3) is 0.357. The maximum absolute atomic E-state index is 5.97. The molecular formula is C14H15ClN4O2. The quantitative estimate of drug-likeness (QED) is 0.849. The fourth-order valence-electron chi connectivity index (χ4n) is 1.97. The zero-order chi connectivity index (χ0) is 14.8. The van der Waals surface area contributed by atoms with Crippen LogP contribution in [0, 0.1) is 0 Å². The van der Waals surface area contributed by atoms with Gasteiger partial charge in [0.1, 0.15) is 0 Å². The Kier molecular flexibility index (Phi) is 3.79. The first-order valence-electron chi connectivity index (χ1n) is 6.62. The number of aromatic nitrogens is 3. The number of halogens is 1. The van der Waals surface area contributed by atoms with Crippen LogP contribution in [0.2, 0.25) is 5.28 Å². The van der Waals surface area contributed by atoms with Gasteiger partial charge in [0.05, 0.1) is 13.2 Å². The molecule has 21 heavy (non-hydrogen) atoms. The number of rotatable bonds is 2. The van der Waals surface area contributed by atoms with Crippen LogP contribution in [0.25, 0.3) is 11.4 Å². The third-order valence-electron chi connectivity index (χ3n) is 3.00. The van der Waals surface area contributed by atoms with Gasteiger partial charge in [-0.25, -0.2) is 0 Å². The molecular weight excluding hydrogens is 292 g/mol. The molecule has 2 heterocycles. The van der Waals surface area contributed by atoms with Crippen LogP contribution < -0.4 is 14.4 Å². The molecule has 1 aliphatic rings. The second kappa shape index (κ2) is 5.73. The number of hydrogen-bond acceptors (Lipinski definition) is 6. The minimum Gasteiger partial charge on any atom is -0.490 e. The highest BCUT2D eigenvalue weighted by atomic mass is 35.5. The predicted octanol–water partition coefficient (Wildman–Crippen LogP) is 2.42. The van der Waals surface area contributed by atoms with Crippen LogP contribution in [0.1, 0.15) is 6.42 Å². The van der Waals surface area contributed by atoms with E-state index in [2.05, 4.69) is 15.0 Å². The zero-order valence-corrected chi connectivity index (χ0v) is 12.6. The summed E-state index contributed by atoms with van der Waals surface area (Å²) in [6.45, 7) is 1.30. The fourth-order valence-corrected chi connectivity index (χ4v) is 2.13. The number of nitrogens with zero attached hydrogens (tertiary/aromatic N) is 4. The Morgan fingerprint density at radius 3 is 2.57 bits per heavy atom. The lowest BCUT2D eigenvalue weighted by molar-refractivity contribution is 0.297. The van der Waals surface area contributed by atoms with Crippen molar-refractivity contribution in [3.05, 3.63) is 23.5 Å². The summed E-state index contributed by atoms with van der Waals surface area (Å²) in [5.41, 5.74) is 0.812. The van der Waals surface area contributed by atoms with Crippen molar-refractivity contribution in [1.82, 2.24) is 15.0 Å². The van der Waals surface area contributed by atoms with Gasteiger partial charge in [-0.1, -0.05) is 0 Å². The Morgan fingerprint density at radius 1 is 1.05 bits per heavy atom. The molecule has 0 bridgehead atoms. The van der Waals surface area contributed by atoms with Crippen LogP contribution >= 0.6 is 11.6 Å². The lowest BCUT2D eigenvalue weighted by Gasteiger charge is -2.12. The molecule has 0 aliphatic carbocycles. The summed E-state index contributed by atoms with van der Waals surface area (Å²) in [4.78, 5) is 14.4. The Hall–Kier alpha value is -2.08. The molecule has 0 saturated heterocycles. The molecule has 3 rings (SSSR count). The van der Waals surface area contributed by atoms with Crippen molar-refractivity contribution in [2.75, 3.05) is 32.2 Å². The predicted molar refractivity (Wildman–Crippen MR) is 80.2 cm³/mol. The molecule has 7 heteroatoms. The average Bonchev–Trinajstić information content (AvgIpc) is 2.70. The van der Waals surface area contributed by atoms with Crippen molar-refractivity contribution in [1.29, 1.82) is 0 Å². The van der Waals surface area contributed by atoms with Crippen LogP contribution in [-0.4, -0.2) is 42.3 Å². The number of benzene rings is 1. The average molecular weight is 307 g/mol. The van der Waals surface area contributed by atoms with E-state index in [0.717, 1.165) is 17.7 Å². The SMILES string of the molecule is CN(C)c1nc(Cl)nc(-c2ccc3c(c2)OCCCO3)n1. The summed E-state index contributed by atoms with van der Waals surface area (Å²) in [5.74, 6) is 2.46. The summed E-state index contributed by atoms with van der Waals surface area (Å²) >= 11 is 5.97.